The van der Waals surface area contributed by atoms with Crippen molar-refractivity contribution in [2.45, 2.75) is 32.6 Å². The Labute approximate surface area is 109 Å². The van der Waals surface area contributed by atoms with Crippen LogP contribution >= 0.6 is 0 Å². The molecule has 0 amide bonds. The molecule has 3 heteroatoms. The Morgan fingerprint density at radius 1 is 1.22 bits per heavy atom. The van der Waals surface area contributed by atoms with E-state index < -0.39 is 0 Å². The molecule has 1 aromatic carbocycles. The number of rotatable bonds is 8. The van der Waals surface area contributed by atoms with Gasteiger partial charge in [-0.2, -0.15) is 0 Å². The fraction of sp³-hybridized carbons (Fsp3) is 0.533. The summed E-state index contributed by atoms with van der Waals surface area (Å²) in [5, 5.41) is 8.77. The molecule has 0 aliphatic carbocycles. The first kappa shape index (κ1) is 14.7. The smallest absolute Gasteiger partial charge is 0.338 e. The lowest BCUT2D eigenvalue weighted by molar-refractivity contribution is 0.0496. The lowest BCUT2D eigenvalue weighted by Crippen LogP contribution is -2.06. The zero-order chi connectivity index (χ0) is 13.2. The fourth-order valence-corrected chi connectivity index (χ4v) is 1.78. The van der Waals surface area contributed by atoms with Crippen molar-refractivity contribution in [3.63, 3.8) is 0 Å². The molecule has 0 aliphatic heterocycles. The molecule has 100 valence electrons. The van der Waals surface area contributed by atoms with Crippen LogP contribution in [0.5, 0.6) is 0 Å². The Morgan fingerprint density at radius 3 is 2.61 bits per heavy atom. The van der Waals surface area contributed by atoms with Gasteiger partial charge in [0, 0.05) is 6.61 Å². The fourth-order valence-electron chi connectivity index (χ4n) is 1.78. The van der Waals surface area contributed by atoms with Crippen LogP contribution in [-0.4, -0.2) is 24.3 Å². The molecular formula is C15H22O3. The summed E-state index contributed by atoms with van der Waals surface area (Å²) in [5.74, 6) is 0.291. The van der Waals surface area contributed by atoms with E-state index in [1.165, 1.54) is 0 Å². The topological polar surface area (TPSA) is 46.5 Å². The molecule has 3 nitrogen and oxygen atoms in total. The molecule has 1 N–H and O–H groups in total. The normalized spacial score (nSPS) is 12.1. The van der Waals surface area contributed by atoms with Gasteiger partial charge in [0.2, 0.25) is 0 Å². The largest absolute Gasteiger partial charge is 0.462 e. The van der Waals surface area contributed by atoms with E-state index in [1.54, 1.807) is 12.1 Å². The maximum Gasteiger partial charge on any atom is 0.338 e. The maximum absolute atomic E-state index is 11.6. The van der Waals surface area contributed by atoms with Crippen LogP contribution in [0, 0.1) is 5.92 Å². The zero-order valence-corrected chi connectivity index (χ0v) is 11.0. The highest BCUT2D eigenvalue weighted by atomic mass is 16.5. The third-order valence-corrected chi connectivity index (χ3v) is 2.96. The second kappa shape index (κ2) is 8.70. The van der Waals surface area contributed by atoms with E-state index >= 15 is 0 Å². The van der Waals surface area contributed by atoms with E-state index in [1.807, 2.05) is 18.2 Å². The molecule has 1 atom stereocenters. The van der Waals surface area contributed by atoms with Crippen molar-refractivity contribution < 1.29 is 14.6 Å². The van der Waals surface area contributed by atoms with E-state index in [-0.39, 0.29) is 12.6 Å². The number of hydrogen-bond donors (Lipinski definition) is 1. The first-order chi connectivity index (χ1) is 8.74. The Hall–Kier alpha value is -1.35. The lowest BCUT2D eigenvalue weighted by Gasteiger charge is -2.09. The number of carbonyl (C=O) groups excluding carboxylic acids is 1. The third-order valence-electron chi connectivity index (χ3n) is 2.96. The average Bonchev–Trinajstić information content (AvgIpc) is 2.39. The van der Waals surface area contributed by atoms with Crippen molar-refractivity contribution in [1.29, 1.82) is 0 Å². The number of unbranched alkanes of at least 4 members (excludes halogenated alkanes) is 1. The van der Waals surface area contributed by atoms with Crippen LogP contribution in [0.3, 0.4) is 0 Å². The quantitative estimate of drug-likeness (QED) is 0.570. The number of aliphatic hydroxyl groups excluding tert-OH is 1. The number of carbonyl (C=O) groups is 1. The number of aliphatic hydroxyl groups is 1. The SMILES string of the molecule is CC(CCO)CCCCOC(=O)c1ccccc1. The van der Waals surface area contributed by atoms with Crippen LogP contribution in [0.1, 0.15) is 43.0 Å². The molecular weight excluding hydrogens is 228 g/mol. The van der Waals surface area contributed by atoms with Gasteiger partial charge in [0.15, 0.2) is 0 Å². The maximum atomic E-state index is 11.6. The van der Waals surface area contributed by atoms with Gasteiger partial charge in [-0.15, -0.1) is 0 Å². The lowest BCUT2D eigenvalue weighted by atomic mass is 10.0. The summed E-state index contributed by atoms with van der Waals surface area (Å²) in [5.41, 5.74) is 0.603. The minimum Gasteiger partial charge on any atom is -0.462 e. The van der Waals surface area contributed by atoms with Crippen LogP contribution in [0.4, 0.5) is 0 Å². The van der Waals surface area contributed by atoms with Crippen molar-refractivity contribution in [2.75, 3.05) is 13.2 Å². The summed E-state index contributed by atoms with van der Waals surface area (Å²) >= 11 is 0. The van der Waals surface area contributed by atoms with Gasteiger partial charge in [0.1, 0.15) is 0 Å². The molecule has 1 aromatic rings. The Bertz CT molecular complexity index is 335. The predicted octanol–water partition coefficient (Wildman–Crippen LogP) is 3.03. The van der Waals surface area contributed by atoms with E-state index in [2.05, 4.69) is 6.92 Å². The van der Waals surface area contributed by atoms with Crippen LogP contribution < -0.4 is 0 Å². The summed E-state index contributed by atoms with van der Waals surface area (Å²) in [7, 11) is 0. The second-order valence-corrected chi connectivity index (χ2v) is 4.62. The molecule has 0 saturated heterocycles. The monoisotopic (exact) mass is 250 g/mol. The van der Waals surface area contributed by atoms with Gasteiger partial charge in [0.05, 0.1) is 12.2 Å². The van der Waals surface area contributed by atoms with Crippen LogP contribution in [0.15, 0.2) is 30.3 Å². The molecule has 0 saturated carbocycles. The molecule has 0 radical (unpaired) electrons. The van der Waals surface area contributed by atoms with Gasteiger partial charge in [-0.05, 0) is 37.3 Å². The summed E-state index contributed by atoms with van der Waals surface area (Å²) in [6, 6.07) is 9.04. The minimum absolute atomic E-state index is 0.251. The first-order valence-corrected chi connectivity index (χ1v) is 6.57. The van der Waals surface area contributed by atoms with Crippen molar-refractivity contribution in [1.82, 2.24) is 0 Å². The minimum atomic E-state index is -0.251. The van der Waals surface area contributed by atoms with Crippen LogP contribution in [0.25, 0.3) is 0 Å². The molecule has 0 spiro atoms. The van der Waals surface area contributed by atoms with Gasteiger partial charge < -0.3 is 9.84 Å². The Balaban J connectivity index is 2.10. The van der Waals surface area contributed by atoms with Crippen molar-refractivity contribution in [3.8, 4) is 0 Å². The van der Waals surface area contributed by atoms with E-state index in [4.69, 9.17) is 9.84 Å². The van der Waals surface area contributed by atoms with Gasteiger partial charge in [-0.1, -0.05) is 31.5 Å². The number of benzene rings is 1. The first-order valence-electron chi connectivity index (χ1n) is 6.57. The Kier molecular flexibility index (Phi) is 7.11. The van der Waals surface area contributed by atoms with E-state index in [0.29, 0.717) is 18.1 Å². The van der Waals surface area contributed by atoms with Gasteiger partial charge in [-0.3, -0.25) is 0 Å². The number of esters is 1. The van der Waals surface area contributed by atoms with Gasteiger partial charge in [-0.25, -0.2) is 4.79 Å². The molecule has 0 fully saturated rings. The Morgan fingerprint density at radius 2 is 1.94 bits per heavy atom. The predicted molar refractivity (Wildman–Crippen MR) is 71.4 cm³/mol. The number of ether oxygens (including phenoxy) is 1. The standard InChI is InChI=1S/C15H22O3/c1-13(10-11-16)7-5-6-12-18-15(17)14-8-3-2-4-9-14/h2-4,8-9,13,16H,5-7,10-12H2,1H3. The highest BCUT2D eigenvalue weighted by Crippen LogP contribution is 2.11. The third kappa shape index (κ3) is 5.82. The highest BCUT2D eigenvalue weighted by molar-refractivity contribution is 5.89. The van der Waals surface area contributed by atoms with Crippen LogP contribution in [-0.2, 0) is 4.74 Å². The molecule has 0 aromatic heterocycles. The molecule has 1 rings (SSSR count). The summed E-state index contributed by atoms with van der Waals surface area (Å²) in [6.07, 6.45) is 3.84. The number of hydrogen-bond acceptors (Lipinski definition) is 3. The van der Waals surface area contributed by atoms with Crippen molar-refractivity contribution in [3.05, 3.63) is 35.9 Å². The highest BCUT2D eigenvalue weighted by Gasteiger charge is 2.05. The van der Waals surface area contributed by atoms with Crippen molar-refractivity contribution >= 4 is 5.97 Å². The van der Waals surface area contributed by atoms with Crippen LogP contribution in [0.2, 0.25) is 0 Å². The molecule has 0 heterocycles. The average molecular weight is 250 g/mol. The van der Waals surface area contributed by atoms with E-state index in [9.17, 15) is 4.79 Å². The zero-order valence-electron chi connectivity index (χ0n) is 11.0. The van der Waals surface area contributed by atoms with Gasteiger partial charge >= 0.3 is 5.97 Å². The summed E-state index contributed by atoms with van der Waals surface area (Å²) < 4.78 is 5.18. The summed E-state index contributed by atoms with van der Waals surface area (Å²) in [6.45, 7) is 2.86. The molecule has 1 unspecified atom stereocenters. The summed E-state index contributed by atoms with van der Waals surface area (Å²) in [4.78, 5) is 11.6. The molecule has 0 bridgehead atoms. The molecule has 18 heavy (non-hydrogen) atoms. The second-order valence-electron chi connectivity index (χ2n) is 4.62. The van der Waals surface area contributed by atoms with E-state index in [0.717, 1.165) is 25.7 Å². The van der Waals surface area contributed by atoms with Gasteiger partial charge in [0.25, 0.3) is 0 Å². The molecule has 0 aliphatic rings. The van der Waals surface area contributed by atoms with Crippen molar-refractivity contribution in [2.24, 2.45) is 5.92 Å².